The molecule has 1 aliphatic carbocycles. The molecule has 2 aliphatic heterocycles. The zero-order valence-electron chi connectivity index (χ0n) is 20.0. The van der Waals surface area contributed by atoms with Gasteiger partial charge in [-0.3, -0.25) is 9.78 Å². The van der Waals surface area contributed by atoms with Gasteiger partial charge in [-0.1, -0.05) is 17.7 Å². The first-order valence-electron chi connectivity index (χ1n) is 12.5. The number of amides is 3. The standard InChI is InChI=1S/C26H30BrClN5O3/c27-19-12-18-2-1-17-13-20(28)3-4-21(17)24(25(18)30-14-19)22-15-29-7-10-33(22)23(34)11-16-5-8-32(9-6-16)26(35)31-36/h3-4,12-14,16,22,24,29H,1-2,5-11,15H2,(H-,31,35,36)/q-1. The highest BCUT2D eigenvalue weighted by Crippen LogP contribution is 2.39. The first-order valence-corrected chi connectivity index (χ1v) is 13.7. The van der Waals surface area contributed by atoms with E-state index in [9.17, 15) is 14.8 Å². The maximum Gasteiger partial charge on any atom is 0.306 e. The molecule has 0 radical (unpaired) electrons. The zero-order chi connectivity index (χ0) is 25.2. The van der Waals surface area contributed by atoms with Crippen LogP contribution in [0.4, 0.5) is 4.79 Å². The van der Waals surface area contributed by atoms with Gasteiger partial charge in [0.15, 0.2) is 0 Å². The number of hydrogen-bond acceptors (Lipinski definition) is 5. The van der Waals surface area contributed by atoms with Crippen molar-refractivity contribution in [1.29, 1.82) is 0 Å². The van der Waals surface area contributed by atoms with Gasteiger partial charge in [-0.25, -0.2) is 4.79 Å². The third kappa shape index (κ3) is 5.25. The molecule has 2 fully saturated rings. The molecule has 2 atom stereocenters. The minimum Gasteiger partial charge on any atom is -0.758 e. The average molecular weight is 576 g/mol. The number of carbonyl (C=O) groups excluding carboxylic acids is 2. The first kappa shape index (κ1) is 25.4. The quantitative estimate of drug-likeness (QED) is 0.542. The molecule has 192 valence electrons. The van der Waals surface area contributed by atoms with Crippen molar-refractivity contribution in [2.75, 3.05) is 32.7 Å². The number of pyridine rings is 1. The van der Waals surface area contributed by atoms with Crippen LogP contribution in [0.5, 0.6) is 0 Å². The number of carbonyl (C=O) groups is 2. The minimum absolute atomic E-state index is 0.0535. The summed E-state index contributed by atoms with van der Waals surface area (Å²) in [4.78, 5) is 33.8. The van der Waals surface area contributed by atoms with Gasteiger partial charge >= 0.3 is 6.03 Å². The van der Waals surface area contributed by atoms with E-state index < -0.39 is 6.03 Å². The largest absolute Gasteiger partial charge is 0.758 e. The second-order valence-electron chi connectivity index (χ2n) is 9.92. The number of hydroxylamine groups is 1. The van der Waals surface area contributed by atoms with Crippen LogP contribution >= 0.6 is 27.5 Å². The second kappa shape index (κ2) is 11.0. The molecule has 2 aromatic rings. The molecule has 2 unspecified atom stereocenters. The van der Waals surface area contributed by atoms with Crippen molar-refractivity contribution < 1.29 is 9.59 Å². The number of aromatic nitrogens is 1. The normalized spacial score (nSPS) is 22.4. The molecular formula is C26H30BrClN5O3-. The molecule has 2 N–H and O–H groups in total. The number of rotatable bonds is 3. The Labute approximate surface area is 224 Å². The van der Waals surface area contributed by atoms with Crippen LogP contribution < -0.4 is 10.8 Å². The van der Waals surface area contributed by atoms with Crippen molar-refractivity contribution >= 4 is 39.5 Å². The number of nitrogens with one attached hydrogen (secondary N) is 2. The van der Waals surface area contributed by atoms with E-state index in [1.807, 2.05) is 12.3 Å². The van der Waals surface area contributed by atoms with Gasteiger partial charge in [0.2, 0.25) is 5.91 Å². The fourth-order valence-corrected chi connectivity index (χ4v) is 6.55. The van der Waals surface area contributed by atoms with Crippen molar-refractivity contribution in [3.8, 4) is 0 Å². The highest BCUT2D eigenvalue weighted by molar-refractivity contribution is 9.10. The summed E-state index contributed by atoms with van der Waals surface area (Å²) in [6, 6.07) is 7.59. The summed E-state index contributed by atoms with van der Waals surface area (Å²) < 4.78 is 0.954. The van der Waals surface area contributed by atoms with Crippen molar-refractivity contribution in [3.63, 3.8) is 0 Å². The van der Waals surface area contributed by atoms with E-state index in [1.54, 1.807) is 0 Å². The van der Waals surface area contributed by atoms with E-state index in [4.69, 9.17) is 16.6 Å². The molecular weight excluding hydrogens is 546 g/mol. The molecule has 3 heterocycles. The fourth-order valence-electron chi connectivity index (χ4n) is 5.97. The second-order valence-corrected chi connectivity index (χ2v) is 11.3. The van der Waals surface area contributed by atoms with Gasteiger partial charge in [-0.2, -0.15) is 0 Å². The lowest BCUT2D eigenvalue weighted by Gasteiger charge is -2.42. The van der Waals surface area contributed by atoms with E-state index in [-0.39, 0.29) is 23.8 Å². The number of likely N-dealkylation sites (tertiary alicyclic amines) is 1. The highest BCUT2D eigenvalue weighted by atomic mass is 79.9. The van der Waals surface area contributed by atoms with E-state index >= 15 is 0 Å². The fraction of sp³-hybridized carbons (Fsp3) is 0.500. The SMILES string of the molecule is O=C(N[O-])N1CCC(CC(=O)N2CCNCC2C2c3ccc(Cl)cc3CCc3cc(Br)cnc32)CC1. The Kier molecular flexibility index (Phi) is 7.81. The lowest BCUT2D eigenvalue weighted by Crippen LogP contribution is -2.56. The molecule has 3 amide bonds. The Bertz CT molecular complexity index is 1090. The average Bonchev–Trinajstić information content (AvgIpc) is 3.04. The highest BCUT2D eigenvalue weighted by Gasteiger charge is 2.39. The van der Waals surface area contributed by atoms with Crippen LogP contribution in [-0.4, -0.2) is 65.5 Å². The Hall–Kier alpha value is -2.20. The number of piperidine rings is 1. The number of urea groups is 1. The molecule has 5 rings (SSSR count). The molecule has 8 nitrogen and oxygen atoms in total. The number of aryl methyl sites for hydroxylation is 2. The smallest absolute Gasteiger partial charge is 0.306 e. The maximum atomic E-state index is 13.7. The lowest BCUT2D eigenvalue weighted by atomic mass is 9.83. The Balaban J connectivity index is 1.41. The third-order valence-electron chi connectivity index (χ3n) is 7.81. The summed E-state index contributed by atoms with van der Waals surface area (Å²) in [5.41, 5.74) is 6.08. The first-order chi connectivity index (χ1) is 17.4. The topological polar surface area (TPSA) is 101 Å². The van der Waals surface area contributed by atoms with Crippen molar-refractivity contribution in [2.24, 2.45) is 5.92 Å². The number of fused-ring (bicyclic) bond motifs is 2. The van der Waals surface area contributed by atoms with Crippen LogP contribution in [0.2, 0.25) is 5.02 Å². The lowest BCUT2D eigenvalue weighted by molar-refractivity contribution is -0.136. The summed E-state index contributed by atoms with van der Waals surface area (Å²) in [5, 5.41) is 14.9. The molecule has 0 spiro atoms. The van der Waals surface area contributed by atoms with Crippen molar-refractivity contribution in [2.45, 2.75) is 44.1 Å². The molecule has 10 heteroatoms. The zero-order valence-corrected chi connectivity index (χ0v) is 22.4. The summed E-state index contributed by atoms with van der Waals surface area (Å²) >= 11 is 9.96. The summed E-state index contributed by atoms with van der Waals surface area (Å²) in [6.07, 6.45) is 5.49. The summed E-state index contributed by atoms with van der Waals surface area (Å²) in [7, 11) is 0. The number of halogens is 2. The van der Waals surface area contributed by atoms with E-state index in [0.29, 0.717) is 32.6 Å². The van der Waals surface area contributed by atoms with Crippen LogP contribution in [-0.2, 0) is 17.6 Å². The van der Waals surface area contributed by atoms with Gasteiger partial charge in [0.05, 0.1) is 11.7 Å². The van der Waals surface area contributed by atoms with Crippen molar-refractivity contribution in [1.82, 2.24) is 25.6 Å². The van der Waals surface area contributed by atoms with Crippen LogP contribution in [0.1, 0.15) is 47.6 Å². The van der Waals surface area contributed by atoms with Gasteiger partial charge in [0.1, 0.15) is 0 Å². The Morgan fingerprint density at radius 1 is 1.17 bits per heavy atom. The van der Waals surface area contributed by atoms with E-state index in [1.165, 1.54) is 27.1 Å². The molecule has 1 aromatic carbocycles. The van der Waals surface area contributed by atoms with Gasteiger partial charge in [-0.05, 0) is 82.4 Å². The van der Waals surface area contributed by atoms with Crippen molar-refractivity contribution in [3.05, 3.63) is 67.5 Å². The molecule has 2 saturated heterocycles. The number of nitrogens with zero attached hydrogens (tertiary/aromatic N) is 3. The van der Waals surface area contributed by atoms with Gasteiger partial charge < -0.3 is 25.8 Å². The third-order valence-corrected chi connectivity index (χ3v) is 8.48. The van der Waals surface area contributed by atoms with Gasteiger partial charge in [0, 0.05) is 60.8 Å². The predicted molar refractivity (Wildman–Crippen MR) is 142 cm³/mol. The van der Waals surface area contributed by atoms with Crippen LogP contribution in [0.15, 0.2) is 34.9 Å². The van der Waals surface area contributed by atoms with Crippen LogP contribution in [0.3, 0.4) is 0 Å². The van der Waals surface area contributed by atoms with E-state index in [0.717, 1.165) is 47.4 Å². The summed E-state index contributed by atoms with van der Waals surface area (Å²) in [5.74, 6) is 0.291. The van der Waals surface area contributed by atoms with Crippen LogP contribution in [0, 0.1) is 11.1 Å². The van der Waals surface area contributed by atoms with E-state index in [2.05, 4.69) is 44.3 Å². The molecule has 0 saturated carbocycles. The molecule has 3 aliphatic rings. The number of piperazine rings is 1. The Morgan fingerprint density at radius 3 is 2.72 bits per heavy atom. The Morgan fingerprint density at radius 2 is 1.94 bits per heavy atom. The van der Waals surface area contributed by atoms with Gasteiger partial charge in [0.25, 0.3) is 0 Å². The number of hydrogen-bond donors (Lipinski definition) is 2. The van der Waals surface area contributed by atoms with Gasteiger partial charge in [-0.15, -0.1) is 0 Å². The molecule has 1 aromatic heterocycles. The van der Waals surface area contributed by atoms with Crippen LogP contribution in [0.25, 0.3) is 0 Å². The maximum absolute atomic E-state index is 13.7. The predicted octanol–water partition coefficient (Wildman–Crippen LogP) is 3.84. The number of benzene rings is 1. The minimum atomic E-state index is -0.591. The molecule has 36 heavy (non-hydrogen) atoms. The monoisotopic (exact) mass is 574 g/mol. The summed E-state index contributed by atoms with van der Waals surface area (Å²) in [6.45, 7) is 3.09. The molecule has 0 bridgehead atoms.